The van der Waals surface area contributed by atoms with Crippen LogP contribution >= 0.6 is 11.6 Å². The molecule has 0 saturated carbocycles. The molecule has 0 spiro atoms. The maximum atomic E-state index is 13.2. The van der Waals surface area contributed by atoms with Crippen molar-refractivity contribution in [2.45, 2.75) is 13.2 Å². The Morgan fingerprint density at radius 2 is 1.81 bits per heavy atom. The third kappa shape index (κ3) is 4.67. The van der Waals surface area contributed by atoms with Crippen molar-refractivity contribution in [3.05, 3.63) is 99.6 Å². The zero-order valence-electron chi connectivity index (χ0n) is 16.3. The number of phenolic OH excluding ortho intramolecular Hbond substituents is 1. The molecule has 7 nitrogen and oxygen atoms in total. The minimum absolute atomic E-state index is 0.00942. The normalized spacial score (nSPS) is 10.7. The largest absolute Gasteiger partial charge is 0.508 e. The van der Waals surface area contributed by atoms with Gasteiger partial charge in [0.2, 0.25) is 0 Å². The number of rotatable bonds is 5. The molecule has 0 unspecified atom stereocenters. The van der Waals surface area contributed by atoms with Crippen molar-refractivity contribution in [3.8, 4) is 11.4 Å². The third-order valence-corrected chi connectivity index (χ3v) is 4.86. The van der Waals surface area contributed by atoms with Gasteiger partial charge in [-0.2, -0.15) is 0 Å². The number of hydrogen-bond donors (Lipinski definition) is 2. The predicted octanol–water partition coefficient (Wildman–Crippen LogP) is 4.17. The summed E-state index contributed by atoms with van der Waals surface area (Å²) < 4.78 is 6.62. The fourth-order valence-corrected chi connectivity index (χ4v) is 3.25. The molecule has 0 fully saturated rings. The van der Waals surface area contributed by atoms with Gasteiger partial charge in [-0.05, 0) is 42.0 Å². The molecule has 0 bridgehead atoms. The number of hydrogen-bond acceptors (Lipinski definition) is 5. The van der Waals surface area contributed by atoms with Gasteiger partial charge in [-0.3, -0.25) is 9.36 Å². The van der Waals surface area contributed by atoms with Crippen molar-refractivity contribution in [1.29, 1.82) is 0 Å². The lowest BCUT2D eigenvalue weighted by Gasteiger charge is -2.14. The minimum Gasteiger partial charge on any atom is -0.508 e. The number of carbonyl (C=O) groups is 1. The molecule has 1 heterocycles. The van der Waals surface area contributed by atoms with Gasteiger partial charge in [0.1, 0.15) is 18.2 Å². The van der Waals surface area contributed by atoms with E-state index in [0.29, 0.717) is 21.6 Å². The molecule has 156 valence electrons. The molecule has 31 heavy (non-hydrogen) atoms. The number of carbonyl (C=O) groups excluding carboxylic acids is 1. The van der Waals surface area contributed by atoms with Crippen molar-refractivity contribution in [3.63, 3.8) is 0 Å². The first-order valence-electron chi connectivity index (χ1n) is 9.46. The molecule has 0 atom stereocenters. The Balaban J connectivity index is 1.63. The van der Waals surface area contributed by atoms with E-state index in [0.717, 1.165) is 5.56 Å². The summed E-state index contributed by atoms with van der Waals surface area (Å²) in [5, 5.41) is 13.3. The summed E-state index contributed by atoms with van der Waals surface area (Å²) in [6.07, 6.45) is -0.642. The molecular weight excluding hydrogens is 418 g/mol. The van der Waals surface area contributed by atoms with Gasteiger partial charge < -0.3 is 15.2 Å². The average molecular weight is 436 g/mol. The lowest BCUT2D eigenvalue weighted by Crippen LogP contribution is -2.30. The molecular formula is C23H18ClN3O4. The Morgan fingerprint density at radius 1 is 1.06 bits per heavy atom. The molecule has 0 aliphatic carbocycles. The second-order valence-corrected chi connectivity index (χ2v) is 7.20. The maximum absolute atomic E-state index is 13.2. The molecule has 1 aromatic heterocycles. The smallest absolute Gasteiger partial charge is 0.407 e. The van der Waals surface area contributed by atoms with Crippen LogP contribution in [-0.4, -0.2) is 20.8 Å². The summed E-state index contributed by atoms with van der Waals surface area (Å²) in [4.78, 5) is 29.8. The predicted molar refractivity (Wildman–Crippen MR) is 117 cm³/mol. The standard InChI is InChI=1S/C23H18ClN3O4/c24-16-6-8-17(9-7-16)27-21(26-20-12-18(28)10-11-19(20)22(27)29)13-25-23(30)31-14-15-4-2-1-3-5-15/h1-12,28H,13-14H2,(H,25,30). The highest BCUT2D eigenvalue weighted by Crippen LogP contribution is 2.19. The quantitative estimate of drug-likeness (QED) is 0.490. The summed E-state index contributed by atoms with van der Waals surface area (Å²) in [6, 6.07) is 20.3. The maximum Gasteiger partial charge on any atom is 0.407 e. The van der Waals surface area contributed by atoms with Gasteiger partial charge in [0.25, 0.3) is 5.56 Å². The number of aromatic hydroxyl groups is 1. The number of nitrogens with one attached hydrogen (secondary N) is 1. The van der Waals surface area contributed by atoms with Gasteiger partial charge in [0, 0.05) is 11.1 Å². The Labute approximate surface area is 182 Å². The number of fused-ring (bicyclic) bond motifs is 1. The van der Waals surface area contributed by atoms with Crippen molar-refractivity contribution in [1.82, 2.24) is 14.9 Å². The van der Waals surface area contributed by atoms with E-state index in [-0.39, 0.29) is 30.3 Å². The van der Waals surface area contributed by atoms with E-state index in [1.165, 1.54) is 22.8 Å². The molecule has 4 rings (SSSR count). The van der Waals surface area contributed by atoms with Crippen molar-refractivity contribution in [2.24, 2.45) is 0 Å². The molecule has 0 radical (unpaired) electrons. The highest BCUT2D eigenvalue weighted by Gasteiger charge is 2.15. The number of alkyl carbamates (subject to hydrolysis) is 1. The SMILES string of the molecule is O=C(NCc1nc2cc(O)ccc2c(=O)n1-c1ccc(Cl)cc1)OCc1ccccc1. The highest BCUT2D eigenvalue weighted by molar-refractivity contribution is 6.30. The number of ether oxygens (including phenoxy) is 1. The molecule has 4 aromatic rings. The zero-order chi connectivity index (χ0) is 21.8. The van der Waals surface area contributed by atoms with E-state index in [1.807, 2.05) is 30.3 Å². The van der Waals surface area contributed by atoms with Crippen LogP contribution in [0.5, 0.6) is 5.75 Å². The minimum atomic E-state index is -0.642. The first-order valence-corrected chi connectivity index (χ1v) is 9.84. The third-order valence-electron chi connectivity index (χ3n) is 4.61. The van der Waals surface area contributed by atoms with Crippen molar-refractivity contribution >= 4 is 28.6 Å². The molecule has 8 heteroatoms. The summed E-state index contributed by atoms with van der Waals surface area (Å²) in [6.45, 7) is 0.0623. The Kier molecular flexibility index (Phi) is 5.86. The van der Waals surface area contributed by atoms with E-state index >= 15 is 0 Å². The second kappa shape index (κ2) is 8.89. The monoisotopic (exact) mass is 435 g/mol. The summed E-state index contributed by atoms with van der Waals surface area (Å²) >= 11 is 5.97. The van der Waals surface area contributed by atoms with Gasteiger partial charge in [-0.25, -0.2) is 9.78 Å². The number of aromatic nitrogens is 2. The van der Waals surface area contributed by atoms with Crippen LogP contribution in [0.3, 0.4) is 0 Å². The fraction of sp³-hybridized carbons (Fsp3) is 0.0870. The van der Waals surface area contributed by atoms with Crippen LogP contribution in [0.1, 0.15) is 11.4 Å². The summed E-state index contributed by atoms with van der Waals surface area (Å²) in [5.41, 5.74) is 1.40. The van der Waals surface area contributed by atoms with E-state index in [1.54, 1.807) is 24.3 Å². The van der Waals surface area contributed by atoms with Gasteiger partial charge in [-0.15, -0.1) is 0 Å². The molecule has 0 aliphatic heterocycles. The van der Waals surface area contributed by atoms with E-state index in [9.17, 15) is 14.7 Å². The Morgan fingerprint density at radius 3 is 2.55 bits per heavy atom. The number of amides is 1. The van der Waals surface area contributed by atoms with Crippen molar-refractivity contribution < 1.29 is 14.6 Å². The number of benzene rings is 3. The number of nitrogens with zero attached hydrogens (tertiary/aromatic N) is 2. The molecule has 3 aromatic carbocycles. The van der Waals surface area contributed by atoms with Gasteiger partial charge in [0.15, 0.2) is 0 Å². The summed E-state index contributed by atoms with van der Waals surface area (Å²) in [5.74, 6) is 0.270. The molecule has 2 N–H and O–H groups in total. The van der Waals surface area contributed by atoms with Gasteiger partial charge >= 0.3 is 6.09 Å². The van der Waals surface area contributed by atoms with Crippen LogP contribution in [0.4, 0.5) is 4.79 Å². The average Bonchev–Trinajstić information content (AvgIpc) is 2.77. The van der Waals surface area contributed by atoms with E-state index < -0.39 is 6.09 Å². The topological polar surface area (TPSA) is 93.5 Å². The van der Waals surface area contributed by atoms with Crippen LogP contribution in [0.25, 0.3) is 16.6 Å². The number of halogens is 1. The van der Waals surface area contributed by atoms with Gasteiger partial charge in [-0.1, -0.05) is 41.9 Å². The lowest BCUT2D eigenvalue weighted by molar-refractivity contribution is 0.139. The number of phenols is 1. The first-order chi connectivity index (χ1) is 15.0. The lowest BCUT2D eigenvalue weighted by atomic mass is 10.2. The van der Waals surface area contributed by atoms with Crippen LogP contribution in [-0.2, 0) is 17.9 Å². The second-order valence-electron chi connectivity index (χ2n) is 6.76. The molecule has 0 saturated heterocycles. The van der Waals surface area contributed by atoms with Gasteiger partial charge in [0.05, 0.1) is 23.1 Å². The Bertz CT molecular complexity index is 1290. The fourth-order valence-electron chi connectivity index (χ4n) is 3.12. The van der Waals surface area contributed by atoms with Crippen molar-refractivity contribution in [2.75, 3.05) is 0 Å². The summed E-state index contributed by atoms with van der Waals surface area (Å²) in [7, 11) is 0. The van der Waals surface area contributed by atoms with E-state index in [4.69, 9.17) is 16.3 Å². The zero-order valence-corrected chi connectivity index (χ0v) is 17.0. The first kappa shape index (κ1) is 20.4. The van der Waals surface area contributed by atoms with Crippen LogP contribution in [0.2, 0.25) is 5.02 Å². The Hall–Kier alpha value is -3.84. The van der Waals surface area contributed by atoms with Crippen LogP contribution in [0.15, 0.2) is 77.6 Å². The van der Waals surface area contributed by atoms with E-state index in [2.05, 4.69) is 10.3 Å². The molecule has 0 aliphatic rings. The van der Waals surface area contributed by atoms with Crippen LogP contribution in [0, 0.1) is 0 Å². The molecule has 1 amide bonds. The van der Waals surface area contributed by atoms with Crippen LogP contribution < -0.4 is 10.9 Å². The highest BCUT2D eigenvalue weighted by atomic mass is 35.5.